The van der Waals surface area contributed by atoms with Gasteiger partial charge in [-0.05, 0) is 37.5 Å². The van der Waals surface area contributed by atoms with Gasteiger partial charge >= 0.3 is 0 Å². The van der Waals surface area contributed by atoms with Crippen LogP contribution < -0.4 is 15.8 Å². The Hall–Kier alpha value is -1.44. The van der Waals surface area contributed by atoms with E-state index in [1.807, 2.05) is 0 Å². The van der Waals surface area contributed by atoms with Crippen molar-refractivity contribution in [1.29, 1.82) is 0 Å². The van der Waals surface area contributed by atoms with Crippen LogP contribution in [0.5, 0.6) is 0 Å². The number of nitrogens with two attached hydrogens (primary N) is 1. The summed E-state index contributed by atoms with van der Waals surface area (Å²) in [5, 5.41) is 11.0. The fraction of sp³-hybridized carbons (Fsp3) is 0.462. The minimum atomic E-state index is -3.78. The van der Waals surface area contributed by atoms with Gasteiger partial charge < -0.3 is 10.6 Å². The molecule has 1 saturated carbocycles. The van der Waals surface area contributed by atoms with Gasteiger partial charge in [0.1, 0.15) is 0 Å². The van der Waals surface area contributed by atoms with Gasteiger partial charge in [-0.1, -0.05) is 6.07 Å². The quantitative estimate of drug-likeness (QED) is 0.720. The number of anilines is 1. The molecule has 1 aromatic carbocycles. The number of hydrogen-bond donors (Lipinski definition) is 3. The molecular weight excluding hydrogens is 278 g/mol. The van der Waals surface area contributed by atoms with Crippen LogP contribution in [0.2, 0.25) is 0 Å². The summed E-state index contributed by atoms with van der Waals surface area (Å²) in [6.45, 7) is 2.29. The van der Waals surface area contributed by atoms with Gasteiger partial charge in [-0.2, -0.15) is 0 Å². The van der Waals surface area contributed by atoms with Gasteiger partial charge in [-0.15, -0.1) is 0 Å². The van der Waals surface area contributed by atoms with E-state index in [4.69, 9.17) is 5.14 Å². The number of carbonyl (C=O) groups excluding carboxylic acids is 1. The Balaban J connectivity index is 1.96. The van der Waals surface area contributed by atoms with Gasteiger partial charge in [0.25, 0.3) is 0 Å². The fourth-order valence-electron chi connectivity index (χ4n) is 1.89. The number of benzene rings is 1. The van der Waals surface area contributed by atoms with Gasteiger partial charge in [0.2, 0.25) is 15.9 Å². The largest absolute Gasteiger partial charge is 0.326 e. The van der Waals surface area contributed by atoms with Crippen molar-refractivity contribution in [1.82, 2.24) is 5.32 Å². The summed E-state index contributed by atoms with van der Waals surface area (Å²) in [6.07, 6.45) is 2.71. The van der Waals surface area contributed by atoms with Crippen molar-refractivity contribution in [2.75, 3.05) is 11.9 Å². The highest BCUT2D eigenvalue weighted by Gasteiger charge is 2.20. The van der Waals surface area contributed by atoms with Gasteiger partial charge in [0.15, 0.2) is 0 Å². The average molecular weight is 297 g/mol. The SMILES string of the molecule is Cc1ccc(NC(=O)CCNC2CC2)cc1S(N)(=O)=O. The van der Waals surface area contributed by atoms with Crippen molar-refractivity contribution in [3.05, 3.63) is 23.8 Å². The molecular formula is C13H19N3O3S. The van der Waals surface area contributed by atoms with E-state index in [1.54, 1.807) is 19.1 Å². The smallest absolute Gasteiger partial charge is 0.238 e. The van der Waals surface area contributed by atoms with Crippen LogP contribution in [-0.4, -0.2) is 26.9 Å². The lowest BCUT2D eigenvalue weighted by molar-refractivity contribution is -0.116. The van der Waals surface area contributed by atoms with E-state index >= 15 is 0 Å². The highest BCUT2D eigenvalue weighted by Crippen LogP contribution is 2.20. The van der Waals surface area contributed by atoms with Crippen LogP contribution >= 0.6 is 0 Å². The molecule has 0 bridgehead atoms. The van der Waals surface area contributed by atoms with Crippen molar-refractivity contribution < 1.29 is 13.2 Å². The van der Waals surface area contributed by atoms with E-state index in [1.165, 1.54) is 18.9 Å². The summed E-state index contributed by atoms with van der Waals surface area (Å²) >= 11 is 0. The topological polar surface area (TPSA) is 101 Å². The fourth-order valence-corrected chi connectivity index (χ4v) is 2.69. The molecule has 2 rings (SSSR count). The molecule has 20 heavy (non-hydrogen) atoms. The van der Waals surface area contributed by atoms with E-state index < -0.39 is 10.0 Å². The molecule has 1 aromatic rings. The molecule has 7 heteroatoms. The molecule has 0 saturated heterocycles. The zero-order valence-electron chi connectivity index (χ0n) is 11.3. The summed E-state index contributed by atoms with van der Waals surface area (Å²) < 4.78 is 22.8. The Morgan fingerprint density at radius 3 is 2.70 bits per heavy atom. The van der Waals surface area contributed by atoms with E-state index in [0.29, 0.717) is 30.3 Å². The molecule has 110 valence electrons. The molecule has 0 radical (unpaired) electrons. The Morgan fingerprint density at radius 1 is 1.40 bits per heavy atom. The number of sulfonamides is 1. The van der Waals surface area contributed by atoms with Crippen LogP contribution in [0.1, 0.15) is 24.8 Å². The maximum Gasteiger partial charge on any atom is 0.238 e. The first-order chi connectivity index (χ1) is 9.36. The molecule has 6 nitrogen and oxygen atoms in total. The molecule has 1 aliphatic rings. The summed E-state index contributed by atoms with van der Waals surface area (Å²) in [4.78, 5) is 11.8. The third-order valence-electron chi connectivity index (χ3n) is 3.14. The zero-order chi connectivity index (χ0) is 14.8. The van der Waals surface area contributed by atoms with Gasteiger partial charge in [0.05, 0.1) is 4.90 Å². The minimum Gasteiger partial charge on any atom is -0.326 e. The summed E-state index contributed by atoms with van der Waals surface area (Å²) in [5.41, 5.74) is 0.997. The van der Waals surface area contributed by atoms with Crippen LogP contribution in [0.4, 0.5) is 5.69 Å². The Morgan fingerprint density at radius 2 is 2.10 bits per heavy atom. The van der Waals surface area contributed by atoms with Crippen LogP contribution in [0.15, 0.2) is 23.1 Å². The molecule has 1 aliphatic carbocycles. The molecule has 0 spiro atoms. The second kappa shape index (κ2) is 5.90. The molecule has 1 amide bonds. The summed E-state index contributed by atoms with van der Waals surface area (Å²) in [5.74, 6) is -0.151. The van der Waals surface area contributed by atoms with E-state index in [2.05, 4.69) is 10.6 Å². The lowest BCUT2D eigenvalue weighted by atomic mass is 10.2. The predicted molar refractivity (Wildman–Crippen MR) is 76.8 cm³/mol. The van der Waals surface area contributed by atoms with E-state index in [9.17, 15) is 13.2 Å². The lowest BCUT2D eigenvalue weighted by Gasteiger charge is -2.09. The Bertz CT molecular complexity index is 609. The number of nitrogens with one attached hydrogen (secondary N) is 2. The van der Waals surface area contributed by atoms with Crippen molar-refractivity contribution in [3.63, 3.8) is 0 Å². The van der Waals surface area contributed by atoms with Crippen LogP contribution in [0.25, 0.3) is 0 Å². The molecule has 0 unspecified atom stereocenters. The number of aryl methyl sites for hydroxylation is 1. The van der Waals surface area contributed by atoms with Crippen LogP contribution in [0.3, 0.4) is 0 Å². The predicted octanol–water partition coefficient (Wildman–Crippen LogP) is 0.723. The van der Waals surface area contributed by atoms with Crippen LogP contribution in [0, 0.1) is 6.92 Å². The van der Waals surface area contributed by atoms with E-state index in [0.717, 1.165) is 0 Å². The summed E-state index contributed by atoms with van der Waals surface area (Å²) in [7, 11) is -3.78. The lowest BCUT2D eigenvalue weighted by Crippen LogP contribution is -2.23. The number of primary sulfonamides is 1. The van der Waals surface area contributed by atoms with Gasteiger partial charge in [-0.3, -0.25) is 4.79 Å². The second-order valence-electron chi connectivity index (χ2n) is 5.05. The van der Waals surface area contributed by atoms with Crippen molar-refractivity contribution >= 4 is 21.6 Å². The van der Waals surface area contributed by atoms with Crippen molar-refractivity contribution in [3.8, 4) is 0 Å². The van der Waals surface area contributed by atoms with Crippen LogP contribution in [-0.2, 0) is 14.8 Å². The Kier molecular flexibility index (Phi) is 4.42. The normalized spacial score (nSPS) is 15.1. The first-order valence-corrected chi connectivity index (χ1v) is 8.07. The van der Waals surface area contributed by atoms with Crippen molar-refractivity contribution in [2.24, 2.45) is 5.14 Å². The third-order valence-corrected chi connectivity index (χ3v) is 4.19. The molecule has 0 aliphatic heterocycles. The maximum absolute atomic E-state index is 11.7. The molecule has 1 fully saturated rings. The molecule has 0 atom stereocenters. The zero-order valence-corrected chi connectivity index (χ0v) is 12.2. The third kappa shape index (κ3) is 4.29. The minimum absolute atomic E-state index is 0.0337. The highest BCUT2D eigenvalue weighted by molar-refractivity contribution is 7.89. The molecule has 0 heterocycles. The number of carbonyl (C=O) groups is 1. The van der Waals surface area contributed by atoms with Crippen molar-refractivity contribution in [2.45, 2.75) is 37.1 Å². The summed E-state index contributed by atoms with van der Waals surface area (Å²) in [6, 6.07) is 5.24. The maximum atomic E-state index is 11.7. The first-order valence-electron chi connectivity index (χ1n) is 6.53. The monoisotopic (exact) mass is 297 g/mol. The first kappa shape index (κ1) is 15.0. The molecule has 4 N–H and O–H groups in total. The van der Waals surface area contributed by atoms with Gasteiger partial charge in [0, 0.05) is 24.7 Å². The van der Waals surface area contributed by atoms with Gasteiger partial charge in [-0.25, -0.2) is 13.6 Å². The van der Waals surface area contributed by atoms with E-state index in [-0.39, 0.29) is 10.8 Å². The second-order valence-corrected chi connectivity index (χ2v) is 6.58. The highest BCUT2D eigenvalue weighted by atomic mass is 32.2. The number of amides is 1. The standard InChI is InChI=1S/C13H19N3O3S/c1-9-2-3-11(8-12(9)20(14,18)19)16-13(17)6-7-15-10-4-5-10/h2-3,8,10,15H,4-7H2,1H3,(H,16,17)(H2,14,18,19). The Labute approximate surface area is 118 Å². The molecule has 0 aromatic heterocycles. The number of hydrogen-bond acceptors (Lipinski definition) is 4. The average Bonchev–Trinajstić information content (AvgIpc) is 3.14. The number of rotatable bonds is 6.